The first kappa shape index (κ1) is 11.5. The first-order valence-electron chi connectivity index (χ1n) is 1.84. The largest absolute Gasteiger partial charge is 0.498 e. The molecule has 0 aliphatic carbocycles. The van der Waals surface area contributed by atoms with Crippen LogP contribution in [-0.4, -0.2) is 21.3 Å². The van der Waals surface area contributed by atoms with Gasteiger partial charge in [0.15, 0.2) is 0 Å². The fourth-order valence-corrected chi connectivity index (χ4v) is 0.250. The number of ether oxygens (including phenoxy) is 3. The van der Waals surface area contributed by atoms with Crippen LogP contribution >= 0.6 is 0 Å². The van der Waals surface area contributed by atoms with Crippen molar-refractivity contribution in [2.75, 3.05) is 21.3 Å². The molecule has 0 aromatic carbocycles. The van der Waals surface area contributed by atoms with Gasteiger partial charge in [-0.05, 0) is 0 Å². The maximum absolute atomic E-state index is 4.52. The third-order valence-electron chi connectivity index (χ3n) is 0.500. The molecule has 0 amide bonds. The molecule has 0 saturated heterocycles. The Morgan fingerprint density at radius 3 is 1.12 bits per heavy atom. The van der Waals surface area contributed by atoms with Gasteiger partial charge >= 0.3 is 0 Å². The van der Waals surface area contributed by atoms with E-state index in [1.165, 1.54) is 21.3 Å². The van der Waals surface area contributed by atoms with Crippen molar-refractivity contribution in [1.29, 1.82) is 0 Å². The minimum Gasteiger partial charge on any atom is -0.498 e. The third-order valence-corrected chi connectivity index (χ3v) is 0.500. The molecule has 4 heteroatoms. The summed E-state index contributed by atoms with van der Waals surface area (Å²) in [7, 11) is 4.42. The van der Waals surface area contributed by atoms with E-state index in [4.69, 9.17) is 0 Å². The molecule has 3 nitrogen and oxygen atoms in total. The van der Waals surface area contributed by atoms with Crippen LogP contribution in [0.5, 0.6) is 0 Å². The van der Waals surface area contributed by atoms with Crippen molar-refractivity contribution in [2.45, 2.75) is 0 Å². The van der Waals surface area contributed by atoms with Gasteiger partial charge in [0.05, 0.1) is 0 Å². The molecule has 0 aromatic rings. The van der Waals surface area contributed by atoms with Crippen molar-refractivity contribution in [3.8, 4) is 0 Å². The molecule has 0 aromatic heterocycles. The van der Waals surface area contributed by atoms with Crippen LogP contribution in [0, 0.1) is 6.48 Å². The van der Waals surface area contributed by atoms with Gasteiger partial charge in [-0.2, -0.15) is 0 Å². The van der Waals surface area contributed by atoms with Crippen LogP contribution in [0.25, 0.3) is 0 Å². The van der Waals surface area contributed by atoms with E-state index in [1.807, 2.05) is 0 Å². The Labute approximate surface area is 68.4 Å². The van der Waals surface area contributed by atoms with Gasteiger partial charge in [-0.25, -0.2) is 0 Å². The summed E-state index contributed by atoms with van der Waals surface area (Å²) in [4.78, 5) is 0. The Balaban J connectivity index is 0. The normalized spacial score (nSPS) is 9.00. The second-order valence-corrected chi connectivity index (χ2v) is 0.862. The Morgan fingerprint density at radius 1 is 0.875 bits per heavy atom. The SMILES string of the molecule is CO[C-](OC)OC.[Zr]. The summed E-state index contributed by atoms with van der Waals surface area (Å²) in [5, 5.41) is 0. The van der Waals surface area contributed by atoms with E-state index in [-0.39, 0.29) is 32.7 Å². The number of rotatable bonds is 3. The molecular formula is C4H9O3Zr-. The summed E-state index contributed by atoms with van der Waals surface area (Å²) in [6.07, 6.45) is 0. The number of methoxy groups -OCH3 is 3. The molecule has 0 rings (SSSR count). The van der Waals surface area contributed by atoms with E-state index >= 15 is 0 Å². The molecule has 0 unspecified atom stereocenters. The summed E-state index contributed by atoms with van der Waals surface area (Å²) < 4.78 is 13.6. The summed E-state index contributed by atoms with van der Waals surface area (Å²) in [6, 6.07) is 0. The van der Waals surface area contributed by atoms with E-state index in [0.29, 0.717) is 0 Å². The molecule has 0 spiro atoms. The summed E-state index contributed by atoms with van der Waals surface area (Å²) >= 11 is 0. The van der Waals surface area contributed by atoms with Gasteiger partial charge in [-0.15, -0.1) is 0 Å². The van der Waals surface area contributed by atoms with Gasteiger partial charge in [-0.1, -0.05) is 0 Å². The standard InChI is InChI=1S/C4H9O3.Zr/c1-5-4(6-2)7-3;/h1-3H3;/q-1;. The predicted molar refractivity (Wildman–Crippen MR) is 24.3 cm³/mol. The van der Waals surface area contributed by atoms with Crippen LogP contribution < -0.4 is 0 Å². The second-order valence-electron chi connectivity index (χ2n) is 0.862. The molecule has 0 bridgehead atoms. The van der Waals surface area contributed by atoms with Crippen LogP contribution in [0.2, 0.25) is 0 Å². The molecule has 0 saturated carbocycles. The molecule has 0 aliphatic heterocycles. The number of hydrogen-bond donors (Lipinski definition) is 0. The molecule has 0 fully saturated rings. The van der Waals surface area contributed by atoms with Crippen molar-refractivity contribution in [3.63, 3.8) is 0 Å². The summed E-state index contributed by atoms with van der Waals surface area (Å²) in [6.45, 7) is 0.181. The van der Waals surface area contributed by atoms with Crippen molar-refractivity contribution in [2.24, 2.45) is 0 Å². The maximum atomic E-state index is 4.52. The average Bonchev–Trinajstić information content (AvgIpc) is 1.72. The van der Waals surface area contributed by atoms with Gasteiger partial charge in [0.1, 0.15) is 0 Å². The van der Waals surface area contributed by atoms with E-state index in [2.05, 4.69) is 14.2 Å². The van der Waals surface area contributed by atoms with Crippen LogP contribution in [0.4, 0.5) is 0 Å². The smallest absolute Gasteiger partial charge is 0.0370 e. The van der Waals surface area contributed by atoms with Gasteiger partial charge in [0, 0.05) is 54.0 Å². The van der Waals surface area contributed by atoms with Gasteiger partial charge in [0.2, 0.25) is 0 Å². The van der Waals surface area contributed by atoms with Crippen molar-refractivity contribution >= 4 is 0 Å². The van der Waals surface area contributed by atoms with Crippen LogP contribution in [0.1, 0.15) is 0 Å². The summed E-state index contributed by atoms with van der Waals surface area (Å²) in [5.41, 5.74) is 0. The van der Waals surface area contributed by atoms with E-state index in [1.54, 1.807) is 0 Å². The first-order chi connectivity index (χ1) is 3.35. The fourth-order valence-electron chi connectivity index (χ4n) is 0.250. The van der Waals surface area contributed by atoms with Crippen molar-refractivity contribution in [1.82, 2.24) is 0 Å². The zero-order valence-electron chi connectivity index (χ0n) is 5.22. The van der Waals surface area contributed by atoms with Crippen LogP contribution in [0.15, 0.2) is 0 Å². The fraction of sp³-hybridized carbons (Fsp3) is 0.750. The molecule has 0 heterocycles. The zero-order valence-corrected chi connectivity index (χ0v) is 7.68. The van der Waals surface area contributed by atoms with Gasteiger partial charge in [0.25, 0.3) is 0 Å². The molecule has 48 valence electrons. The van der Waals surface area contributed by atoms with Gasteiger partial charge in [-0.3, -0.25) is 0 Å². The number of hydrogen-bond acceptors (Lipinski definition) is 3. The quantitative estimate of drug-likeness (QED) is 0.610. The molecule has 0 atom stereocenters. The first-order valence-corrected chi connectivity index (χ1v) is 1.84. The minimum atomic E-state index is 0. The minimum absolute atomic E-state index is 0. The van der Waals surface area contributed by atoms with Crippen LogP contribution in [0.3, 0.4) is 0 Å². The summed E-state index contributed by atoms with van der Waals surface area (Å²) in [5.74, 6) is 0. The molecule has 0 aliphatic rings. The zero-order chi connectivity index (χ0) is 5.70. The second kappa shape index (κ2) is 7.76. The molecular weight excluding hydrogens is 187 g/mol. The Kier molecular flexibility index (Phi) is 11.2. The Morgan fingerprint density at radius 2 is 1.12 bits per heavy atom. The maximum Gasteiger partial charge on any atom is 0.0370 e. The third kappa shape index (κ3) is 4.91. The van der Waals surface area contributed by atoms with E-state index in [0.717, 1.165) is 0 Å². The van der Waals surface area contributed by atoms with E-state index in [9.17, 15) is 0 Å². The van der Waals surface area contributed by atoms with E-state index < -0.39 is 0 Å². The Bertz CT molecular complexity index is 32.8. The van der Waals surface area contributed by atoms with Crippen molar-refractivity contribution in [3.05, 3.63) is 6.48 Å². The molecule has 0 N–H and O–H groups in total. The Hall–Kier alpha value is 0.763. The topological polar surface area (TPSA) is 27.7 Å². The van der Waals surface area contributed by atoms with Gasteiger partial charge < -0.3 is 14.2 Å². The molecule has 0 radical (unpaired) electrons. The molecule has 8 heavy (non-hydrogen) atoms. The van der Waals surface area contributed by atoms with Crippen molar-refractivity contribution < 1.29 is 40.4 Å². The van der Waals surface area contributed by atoms with Crippen LogP contribution in [-0.2, 0) is 40.4 Å². The predicted octanol–water partition coefficient (Wildman–Crippen LogP) is 0.370. The monoisotopic (exact) mass is 195 g/mol. The average molecular weight is 196 g/mol.